The van der Waals surface area contributed by atoms with E-state index in [4.69, 9.17) is 5.26 Å². The van der Waals surface area contributed by atoms with Crippen molar-refractivity contribution < 1.29 is 9.28 Å². The molecule has 1 aromatic rings. The Balaban J connectivity index is 2.32. The molecule has 0 heterocycles. The zero-order chi connectivity index (χ0) is 16.5. The topological polar surface area (TPSA) is 52.9 Å². The molecule has 0 aromatic heterocycles. The molecule has 1 amide bonds. The van der Waals surface area contributed by atoms with E-state index in [1.165, 1.54) is 0 Å². The van der Waals surface area contributed by atoms with Crippen LogP contribution < -0.4 is 5.32 Å². The van der Waals surface area contributed by atoms with Gasteiger partial charge in [-0.25, -0.2) is 0 Å². The molecule has 1 fully saturated rings. The number of rotatable bonds is 4. The van der Waals surface area contributed by atoms with E-state index in [-0.39, 0.29) is 11.4 Å². The van der Waals surface area contributed by atoms with Crippen molar-refractivity contribution in [3.8, 4) is 6.07 Å². The van der Waals surface area contributed by atoms with Gasteiger partial charge in [0.2, 0.25) is 0 Å². The van der Waals surface area contributed by atoms with E-state index in [1.54, 1.807) is 0 Å². The number of aryl methyl sites for hydroxylation is 2. The Bertz CT molecular complexity index is 613. The third kappa shape index (κ3) is 2.50. The number of carbonyl (C=O) groups excluding carboxylic acids is 1. The number of carbonyl (C=O) groups is 1. The molecule has 1 aromatic carbocycles. The van der Waals surface area contributed by atoms with Crippen LogP contribution in [0.25, 0.3) is 0 Å². The second-order valence-corrected chi connectivity index (χ2v) is 6.94. The largest absolute Gasteiger partial charge is 0.320 e. The minimum absolute atomic E-state index is 0.113. The number of quaternary nitrogens is 1. The molecule has 1 aliphatic carbocycles. The maximum Gasteiger partial charge on any atom is 0.285 e. The average molecular weight is 300 g/mol. The average Bonchev–Trinajstić information content (AvgIpc) is 2.40. The number of benzene rings is 1. The fourth-order valence-electron chi connectivity index (χ4n) is 3.38. The predicted molar refractivity (Wildman–Crippen MR) is 88.5 cm³/mol. The lowest BCUT2D eigenvalue weighted by Crippen LogP contribution is -2.69. The third-order valence-corrected chi connectivity index (χ3v) is 5.45. The Morgan fingerprint density at radius 1 is 1.32 bits per heavy atom. The number of nitrogens with one attached hydrogen (secondary N) is 1. The lowest BCUT2D eigenvalue weighted by atomic mass is 9.73. The molecule has 1 N–H and O–H groups in total. The number of anilines is 1. The molecule has 4 heteroatoms. The summed E-state index contributed by atoms with van der Waals surface area (Å²) < 4.78 is 0.715. The summed E-state index contributed by atoms with van der Waals surface area (Å²) in [5, 5.41) is 12.2. The summed E-state index contributed by atoms with van der Waals surface area (Å²) in [5.74, 6) is 0.113. The van der Waals surface area contributed by atoms with Gasteiger partial charge in [0.15, 0.2) is 5.54 Å². The highest BCUT2D eigenvalue weighted by Gasteiger charge is 2.56. The highest BCUT2D eigenvalue weighted by molar-refractivity contribution is 5.99. The lowest BCUT2D eigenvalue weighted by molar-refractivity contribution is -0.936. The number of hydrogen-bond acceptors (Lipinski definition) is 2. The van der Waals surface area contributed by atoms with Gasteiger partial charge in [-0.15, -0.1) is 0 Å². The van der Waals surface area contributed by atoms with E-state index in [0.29, 0.717) is 10.0 Å². The molecule has 0 aliphatic heterocycles. The molecule has 1 aliphatic rings. The minimum Gasteiger partial charge on any atom is -0.320 e. The predicted octanol–water partition coefficient (Wildman–Crippen LogP) is 3.13. The number of nitriles is 1. The van der Waals surface area contributed by atoms with Crippen molar-refractivity contribution in [1.29, 1.82) is 5.26 Å². The highest BCUT2D eigenvalue weighted by Crippen LogP contribution is 2.42. The van der Waals surface area contributed by atoms with E-state index in [1.807, 2.05) is 26.0 Å². The van der Waals surface area contributed by atoms with Gasteiger partial charge in [-0.3, -0.25) is 4.79 Å². The first-order valence-electron chi connectivity index (χ1n) is 7.93. The summed E-state index contributed by atoms with van der Waals surface area (Å²) >= 11 is 0. The third-order valence-electron chi connectivity index (χ3n) is 5.45. The van der Waals surface area contributed by atoms with Crippen molar-refractivity contribution >= 4 is 11.6 Å². The molecule has 0 spiro atoms. The van der Waals surface area contributed by atoms with Crippen LogP contribution in [0, 0.1) is 25.2 Å². The summed E-state index contributed by atoms with van der Waals surface area (Å²) in [6, 6.07) is 5.82. The van der Waals surface area contributed by atoms with Crippen molar-refractivity contribution in [3.63, 3.8) is 0 Å². The van der Waals surface area contributed by atoms with Gasteiger partial charge in [0.25, 0.3) is 5.91 Å². The summed E-state index contributed by atoms with van der Waals surface area (Å²) in [6.07, 6.45) is 2.99. The van der Waals surface area contributed by atoms with Crippen LogP contribution in [0.1, 0.15) is 42.9 Å². The van der Waals surface area contributed by atoms with Gasteiger partial charge in [0.1, 0.15) is 0 Å². The van der Waals surface area contributed by atoms with Crippen LogP contribution in [-0.4, -0.2) is 36.6 Å². The molecule has 22 heavy (non-hydrogen) atoms. The highest BCUT2D eigenvalue weighted by atomic mass is 16.2. The van der Waals surface area contributed by atoms with Gasteiger partial charge in [-0.2, -0.15) is 5.26 Å². The molecule has 4 nitrogen and oxygen atoms in total. The Hall–Kier alpha value is -1.86. The number of hydrogen-bond donors (Lipinski definition) is 1. The second kappa shape index (κ2) is 5.73. The van der Waals surface area contributed by atoms with Gasteiger partial charge in [-0.1, -0.05) is 0 Å². The van der Waals surface area contributed by atoms with Crippen LogP contribution in [0.2, 0.25) is 0 Å². The van der Waals surface area contributed by atoms with E-state index in [9.17, 15) is 4.79 Å². The van der Waals surface area contributed by atoms with Gasteiger partial charge < -0.3 is 9.80 Å². The fraction of sp³-hybridized carbons (Fsp3) is 0.556. The first kappa shape index (κ1) is 16.5. The van der Waals surface area contributed by atoms with Gasteiger partial charge in [0, 0.05) is 18.5 Å². The van der Waals surface area contributed by atoms with Crippen molar-refractivity contribution in [2.45, 2.75) is 45.6 Å². The zero-order valence-electron chi connectivity index (χ0n) is 14.3. The van der Waals surface area contributed by atoms with Crippen molar-refractivity contribution in [3.05, 3.63) is 28.8 Å². The van der Waals surface area contributed by atoms with E-state index >= 15 is 0 Å². The number of likely N-dealkylation sites (N-methyl/N-ethyl adjacent to an activating group) is 1. The molecule has 0 radical (unpaired) electrons. The van der Waals surface area contributed by atoms with Crippen LogP contribution in [-0.2, 0) is 4.79 Å². The smallest absolute Gasteiger partial charge is 0.285 e. The monoisotopic (exact) mass is 300 g/mol. The maximum atomic E-state index is 13.0. The lowest BCUT2D eigenvalue weighted by Gasteiger charge is -2.52. The molecule has 0 saturated heterocycles. The Kier molecular flexibility index (Phi) is 4.30. The van der Waals surface area contributed by atoms with Gasteiger partial charge in [0.05, 0.1) is 32.3 Å². The van der Waals surface area contributed by atoms with Gasteiger partial charge >= 0.3 is 0 Å². The molecule has 0 unspecified atom stereocenters. The first-order chi connectivity index (χ1) is 10.3. The molecule has 1 saturated carbocycles. The molecular weight excluding hydrogens is 274 g/mol. The zero-order valence-corrected chi connectivity index (χ0v) is 14.3. The summed E-state index contributed by atoms with van der Waals surface area (Å²) in [7, 11) is 4.27. The van der Waals surface area contributed by atoms with E-state index in [2.05, 4.69) is 32.4 Å². The molecule has 118 valence electrons. The SMILES string of the molecule is CC[N+](C)(C)C1(C(=O)Nc2c(C)cc(C#N)cc2C)CCC1. The van der Waals surface area contributed by atoms with E-state index in [0.717, 1.165) is 42.6 Å². The normalized spacial score (nSPS) is 16.5. The van der Waals surface area contributed by atoms with Crippen molar-refractivity contribution in [2.24, 2.45) is 0 Å². The summed E-state index contributed by atoms with van der Waals surface area (Å²) in [5.41, 5.74) is 3.06. The van der Waals surface area contributed by atoms with Crippen LogP contribution in [0.15, 0.2) is 12.1 Å². The number of nitrogens with zero attached hydrogens (tertiary/aromatic N) is 2. The first-order valence-corrected chi connectivity index (χ1v) is 7.93. The summed E-state index contributed by atoms with van der Waals surface area (Å²) in [6.45, 7) is 6.94. The Labute approximate surface area is 133 Å². The van der Waals surface area contributed by atoms with Gasteiger partial charge in [-0.05, 0) is 50.5 Å². The second-order valence-electron chi connectivity index (χ2n) is 6.94. The van der Waals surface area contributed by atoms with Crippen LogP contribution >= 0.6 is 0 Å². The fourth-order valence-corrected chi connectivity index (χ4v) is 3.38. The molecular formula is C18H26N3O+. The Morgan fingerprint density at radius 3 is 2.23 bits per heavy atom. The van der Waals surface area contributed by atoms with Crippen LogP contribution in [0.3, 0.4) is 0 Å². The van der Waals surface area contributed by atoms with Crippen LogP contribution in [0.4, 0.5) is 5.69 Å². The quantitative estimate of drug-likeness (QED) is 0.869. The minimum atomic E-state index is -0.318. The standard InChI is InChI=1S/C18H25N3O/c1-6-21(4,5)18(8-7-9-18)17(22)20-16-13(2)10-15(12-19)11-14(16)3/h10-11H,6-9H2,1-5H3/p+1. The summed E-state index contributed by atoms with van der Waals surface area (Å²) in [4.78, 5) is 13.0. The van der Waals surface area contributed by atoms with Crippen molar-refractivity contribution in [2.75, 3.05) is 26.0 Å². The molecule has 2 rings (SSSR count). The van der Waals surface area contributed by atoms with E-state index < -0.39 is 0 Å². The number of amides is 1. The maximum absolute atomic E-state index is 13.0. The Morgan fingerprint density at radius 2 is 1.86 bits per heavy atom. The van der Waals surface area contributed by atoms with Crippen molar-refractivity contribution in [1.82, 2.24) is 0 Å². The van der Waals surface area contributed by atoms with Crippen LogP contribution in [0.5, 0.6) is 0 Å². The molecule has 0 atom stereocenters. The molecule has 0 bridgehead atoms.